The van der Waals surface area contributed by atoms with Gasteiger partial charge in [-0.1, -0.05) is 18.2 Å². The fourth-order valence-electron chi connectivity index (χ4n) is 1.48. The molecule has 1 aliphatic heterocycles. The zero-order valence-corrected chi connectivity index (χ0v) is 7.13. The second-order valence-electron chi connectivity index (χ2n) is 3.27. The van der Waals surface area contributed by atoms with Crippen LogP contribution in [-0.4, -0.2) is 6.54 Å². The van der Waals surface area contributed by atoms with Gasteiger partial charge in [-0.15, -0.1) is 0 Å². The van der Waals surface area contributed by atoms with Crippen LogP contribution in [0.1, 0.15) is 30.0 Å². The second-order valence-corrected chi connectivity index (χ2v) is 3.27. The van der Waals surface area contributed by atoms with Crippen LogP contribution in [0, 0.1) is 0 Å². The quantitative estimate of drug-likeness (QED) is 0.743. The highest BCUT2D eigenvalue weighted by atomic mass is 19.3. The van der Waals surface area contributed by atoms with Crippen molar-refractivity contribution in [3.05, 3.63) is 35.4 Å². The molecule has 2 rings (SSSR count). The normalized spacial score (nSPS) is 21.6. The number of alkyl halides is 2. The molecule has 1 saturated heterocycles. The molecule has 0 saturated carbocycles. The summed E-state index contributed by atoms with van der Waals surface area (Å²) in [4.78, 5) is 0. The summed E-state index contributed by atoms with van der Waals surface area (Å²) in [7, 11) is 0. The Balaban J connectivity index is 2.21. The fourth-order valence-corrected chi connectivity index (χ4v) is 1.48. The Hall–Kier alpha value is -0.960. The molecule has 1 nitrogen and oxygen atoms in total. The van der Waals surface area contributed by atoms with Gasteiger partial charge in [0.15, 0.2) is 0 Å². The zero-order valence-electron chi connectivity index (χ0n) is 7.13. The van der Waals surface area contributed by atoms with Crippen molar-refractivity contribution in [1.29, 1.82) is 0 Å². The molecule has 0 amide bonds. The molecule has 1 unspecified atom stereocenters. The maximum atomic E-state index is 12.3. The molecule has 1 atom stereocenters. The molecular formula is C10H11F2N. The number of hydrogen-bond donors (Lipinski definition) is 1. The van der Waals surface area contributed by atoms with E-state index in [1.807, 2.05) is 6.07 Å². The van der Waals surface area contributed by atoms with E-state index in [0.717, 1.165) is 18.5 Å². The van der Waals surface area contributed by atoms with Gasteiger partial charge in [0.25, 0.3) is 6.43 Å². The molecule has 13 heavy (non-hydrogen) atoms. The topological polar surface area (TPSA) is 12.0 Å². The van der Waals surface area contributed by atoms with Crippen LogP contribution in [0.5, 0.6) is 0 Å². The van der Waals surface area contributed by atoms with Crippen molar-refractivity contribution in [1.82, 2.24) is 5.32 Å². The first-order valence-electron chi connectivity index (χ1n) is 4.39. The molecule has 0 bridgehead atoms. The first-order valence-corrected chi connectivity index (χ1v) is 4.39. The minimum Gasteiger partial charge on any atom is -0.310 e. The van der Waals surface area contributed by atoms with Crippen molar-refractivity contribution in [2.45, 2.75) is 18.9 Å². The Bertz CT molecular complexity index is 295. The van der Waals surface area contributed by atoms with E-state index in [1.165, 1.54) is 6.07 Å². The highest BCUT2D eigenvalue weighted by molar-refractivity contribution is 5.27. The van der Waals surface area contributed by atoms with Gasteiger partial charge >= 0.3 is 0 Å². The van der Waals surface area contributed by atoms with E-state index in [-0.39, 0.29) is 5.56 Å². The smallest absolute Gasteiger partial charge is 0.263 e. The fraction of sp³-hybridized carbons (Fsp3) is 0.400. The summed E-state index contributed by atoms with van der Waals surface area (Å²) in [6.07, 6.45) is -1.31. The summed E-state index contributed by atoms with van der Waals surface area (Å²) in [6, 6.07) is 6.92. The maximum absolute atomic E-state index is 12.3. The standard InChI is InChI=1S/C10H11F2N/c11-10(12)8-3-1-2-7(6-8)9-4-5-13-9/h1-3,6,9-10,13H,4-5H2. The van der Waals surface area contributed by atoms with E-state index in [9.17, 15) is 8.78 Å². The predicted molar refractivity (Wildman–Crippen MR) is 46.8 cm³/mol. The van der Waals surface area contributed by atoms with Crippen LogP contribution in [0.3, 0.4) is 0 Å². The van der Waals surface area contributed by atoms with Crippen LogP contribution < -0.4 is 5.32 Å². The minimum atomic E-state index is -2.36. The number of hydrogen-bond acceptors (Lipinski definition) is 1. The van der Waals surface area contributed by atoms with Crippen molar-refractivity contribution in [3.63, 3.8) is 0 Å². The summed E-state index contributed by atoms with van der Waals surface area (Å²) in [5, 5.41) is 3.18. The summed E-state index contributed by atoms with van der Waals surface area (Å²) >= 11 is 0. The highest BCUT2D eigenvalue weighted by Crippen LogP contribution is 2.26. The molecule has 1 aliphatic rings. The number of rotatable bonds is 2. The number of halogens is 2. The van der Waals surface area contributed by atoms with Crippen LogP contribution in [0.25, 0.3) is 0 Å². The zero-order chi connectivity index (χ0) is 9.26. The van der Waals surface area contributed by atoms with Gasteiger partial charge in [-0.2, -0.15) is 0 Å². The van der Waals surface area contributed by atoms with Crippen LogP contribution in [0.2, 0.25) is 0 Å². The van der Waals surface area contributed by atoms with Crippen LogP contribution in [0.15, 0.2) is 24.3 Å². The Morgan fingerprint density at radius 1 is 1.38 bits per heavy atom. The molecule has 0 aromatic heterocycles. The lowest BCUT2D eigenvalue weighted by molar-refractivity contribution is 0.151. The predicted octanol–water partition coefficient (Wildman–Crippen LogP) is 2.66. The highest BCUT2D eigenvalue weighted by Gasteiger charge is 2.19. The Morgan fingerprint density at radius 3 is 2.69 bits per heavy atom. The SMILES string of the molecule is FC(F)c1cccc(C2CCN2)c1. The third-order valence-electron chi connectivity index (χ3n) is 2.39. The lowest BCUT2D eigenvalue weighted by Gasteiger charge is -2.28. The molecule has 1 aromatic rings. The van der Waals surface area contributed by atoms with E-state index in [2.05, 4.69) is 5.32 Å². The van der Waals surface area contributed by atoms with E-state index in [4.69, 9.17) is 0 Å². The van der Waals surface area contributed by atoms with E-state index < -0.39 is 6.43 Å². The molecule has 1 N–H and O–H groups in total. The summed E-state index contributed by atoms with van der Waals surface area (Å²) < 4.78 is 24.6. The van der Waals surface area contributed by atoms with E-state index in [0.29, 0.717) is 6.04 Å². The maximum Gasteiger partial charge on any atom is 0.263 e. The molecule has 0 radical (unpaired) electrons. The van der Waals surface area contributed by atoms with Gasteiger partial charge < -0.3 is 5.32 Å². The first-order chi connectivity index (χ1) is 6.27. The number of nitrogens with one attached hydrogen (secondary N) is 1. The van der Waals surface area contributed by atoms with Gasteiger partial charge in [0.2, 0.25) is 0 Å². The van der Waals surface area contributed by atoms with Crippen molar-refractivity contribution in [2.24, 2.45) is 0 Å². The van der Waals surface area contributed by atoms with Crippen molar-refractivity contribution in [2.75, 3.05) is 6.54 Å². The molecule has 70 valence electrons. The van der Waals surface area contributed by atoms with Crippen molar-refractivity contribution < 1.29 is 8.78 Å². The lowest BCUT2D eigenvalue weighted by Crippen LogP contribution is -2.34. The first kappa shape index (κ1) is 8.63. The average Bonchev–Trinajstić information content (AvgIpc) is 2.01. The molecule has 3 heteroatoms. The Labute approximate surface area is 75.8 Å². The molecular weight excluding hydrogens is 172 g/mol. The van der Waals surface area contributed by atoms with Gasteiger partial charge in [0.05, 0.1) is 0 Å². The van der Waals surface area contributed by atoms with Gasteiger partial charge in [-0.25, -0.2) is 8.78 Å². The molecule has 1 heterocycles. The summed E-state index contributed by atoms with van der Waals surface area (Å²) in [5.74, 6) is 0. The van der Waals surface area contributed by atoms with Crippen LogP contribution in [-0.2, 0) is 0 Å². The lowest BCUT2D eigenvalue weighted by atomic mass is 9.96. The Kier molecular flexibility index (Phi) is 2.27. The van der Waals surface area contributed by atoms with Crippen LogP contribution in [0.4, 0.5) is 8.78 Å². The molecule has 0 aliphatic carbocycles. The minimum absolute atomic E-state index is 0.117. The molecule has 0 spiro atoms. The number of benzene rings is 1. The average molecular weight is 183 g/mol. The molecule has 1 aromatic carbocycles. The van der Waals surface area contributed by atoms with E-state index >= 15 is 0 Å². The summed E-state index contributed by atoms with van der Waals surface area (Å²) in [6.45, 7) is 0.990. The van der Waals surface area contributed by atoms with Gasteiger partial charge in [0, 0.05) is 11.6 Å². The molecule has 1 fully saturated rings. The second kappa shape index (κ2) is 3.42. The van der Waals surface area contributed by atoms with Gasteiger partial charge in [-0.3, -0.25) is 0 Å². The largest absolute Gasteiger partial charge is 0.310 e. The third kappa shape index (κ3) is 1.70. The summed E-state index contributed by atoms with van der Waals surface area (Å²) in [5.41, 5.74) is 1.09. The van der Waals surface area contributed by atoms with Crippen LogP contribution >= 0.6 is 0 Å². The van der Waals surface area contributed by atoms with Crippen molar-refractivity contribution >= 4 is 0 Å². The van der Waals surface area contributed by atoms with Crippen molar-refractivity contribution in [3.8, 4) is 0 Å². The monoisotopic (exact) mass is 183 g/mol. The Morgan fingerprint density at radius 2 is 2.15 bits per heavy atom. The van der Waals surface area contributed by atoms with E-state index in [1.54, 1.807) is 12.1 Å². The third-order valence-corrected chi connectivity index (χ3v) is 2.39. The van der Waals surface area contributed by atoms with Gasteiger partial charge in [-0.05, 0) is 24.6 Å². The van der Waals surface area contributed by atoms with Gasteiger partial charge in [0.1, 0.15) is 0 Å².